The number of hydrogen-bond donors (Lipinski definition) is 2. The Labute approximate surface area is 155 Å². The van der Waals surface area contributed by atoms with Crippen LogP contribution in [0.3, 0.4) is 0 Å². The summed E-state index contributed by atoms with van der Waals surface area (Å²) >= 11 is 0. The lowest BCUT2D eigenvalue weighted by atomic mass is 10.0. The summed E-state index contributed by atoms with van der Waals surface area (Å²) in [6.45, 7) is 6.71. The number of likely N-dealkylation sites (tertiary alicyclic amines) is 1. The second-order valence-corrected chi connectivity index (χ2v) is 9.14. The van der Waals surface area contributed by atoms with Gasteiger partial charge < -0.3 is 10.1 Å². The van der Waals surface area contributed by atoms with E-state index in [2.05, 4.69) is 28.8 Å². The quantitative estimate of drug-likeness (QED) is 0.752. The van der Waals surface area contributed by atoms with Crippen molar-refractivity contribution in [1.29, 1.82) is 0 Å². The Morgan fingerprint density at radius 3 is 2.69 bits per heavy atom. The molecule has 1 aromatic carbocycles. The largest absolute Gasteiger partial charge is 0.482 e. The number of hydrogen-bond acceptors (Lipinski definition) is 5. The Bertz CT molecular complexity index is 758. The minimum atomic E-state index is -3.66. The van der Waals surface area contributed by atoms with Crippen molar-refractivity contribution >= 4 is 21.6 Å². The van der Waals surface area contributed by atoms with Gasteiger partial charge in [0.1, 0.15) is 5.75 Å². The van der Waals surface area contributed by atoms with Gasteiger partial charge in [-0.2, -0.15) is 0 Å². The molecule has 1 unspecified atom stereocenters. The number of rotatable bonds is 7. The number of carbonyl (C=O) groups is 1. The van der Waals surface area contributed by atoms with Crippen molar-refractivity contribution in [3.8, 4) is 5.75 Å². The van der Waals surface area contributed by atoms with E-state index in [1.807, 2.05) is 0 Å². The summed E-state index contributed by atoms with van der Waals surface area (Å²) in [6.07, 6.45) is 3.30. The molecule has 2 heterocycles. The number of nitrogens with zero attached hydrogens (tertiary/aromatic N) is 1. The predicted molar refractivity (Wildman–Crippen MR) is 99.8 cm³/mol. The maximum Gasteiger partial charge on any atom is 0.262 e. The second-order valence-electron chi connectivity index (χ2n) is 7.37. The third-order valence-electron chi connectivity index (χ3n) is 4.80. The van der Waals surface area contributed by atoms with Crippen LogP contribution >= 0.6 is 0 Å². The molecule has 1 atom stereocenters. The third kappa shape index (κ3) is 4.55. The van der Waals surface area contributed by atoms with E-state index in [1.54, 1.807) is 6.07 Å². The van der Waals surface area contributed by atoms with Gasteiger partial charge in [-0.3, -0.25) is 9.69 Å². The molecule has 2 aliphatic heterocycles. The zero-order valence-corrected chi connectivity index (χ0v) is 16.1. The molecule has 1 aromatic rings. The van der Waals surface area contributed by atoms with Crippen LogP contribution in [0.15, 0.2) is 23.1 Å². The van der Waals surface area contributed by atoms with Gasteiger partial charge in [0.05, 0.1) is 10.6 Å². The Kier molecular flexibility index (Phi) is 5.84. The zero-order valence-electron chi connectivity index (χ0n) is 15.3. The summed E-state index contributed by atoms with van der Waals surface area (Å²) in [5.74, 6) is 0.700. The SMILES string of the molecule is CC(C)CC(CNS(=O)(=O)c1ccc2c(c1)NC(=O)CO2)N1CCCC1. The van der Waals surface area contributed by atoms with Crippen molar-refractivity contribution in [2.45, 2.75) is 44.0 Å². The average molecular weight is 381 g/mol. The molecule has 7 nitrogen and oxygen atoms in total. The summed E-state index contributed by atoms with van der Waals surface area (Å²) in [6, 6.07) is 4.73. The number of ether oxygens (including phenoxy) is 1. The first kappa shape index (κ1) is 19.1. The monoisotopic (exact) mass is 381 g/mol. The van der Waals surface area contributed by atoms with Gasteiger partial charge in [0, 0.05) is 12.6 Å². The van der Waals surface area contributed by atoms with Gasteiger partial charge in [0.15, 0.2) is 6.61 Å². The first-order chi connectivity index (χ1) is 12.3. The molecule has 3 rings (SSSR count). The van der Waals surface area contributed by atoms with Gasteiger partial charge in [-0.25, -0.2) is 13.1 Å². The maximum atomic E-state index is 12.7. The lowest BCUT2D eigenvalue weighted by Gasteiger charge is -2.29. The molecule has 2 N–H and O–H groups in total. The molecule has 0 radical (unpaired) electrons. The molecule has 0 spiro atoms. The summed E-state index contributed by atoms with van der Waals surface area (Å²) in [7, 11) is -3.66. The number of anilines is 1. The minimum Gasteiger partial charge on any atom is -0.482 e. The van der Waals surface area contributed by atoms with Crippen molar-refractivity contribution in [3.63, 3.8) is 0 Å². The maximum absolute atomic E-state index is 12.7. The first-order valence-corrected chi connectivity index (χ1v) is 10.6. The standard InChI is InChI=1S/C18H27N3O4S/c1-13(2)9-14(21-7-3-4-8-21)11-19-26(23,24)15-5-6-17-16(10-15)20-18(22)12-25-17/h5-6,10,13-14,19H,3-4,7-9,11-12H2,1-2H3,(H,20,22). The molecule has 2 aliphatic rings. The molecule has 0 bridgehead atoms. The fourth-order valence-electron chi connectivity index (χ4n) is 3.53. The zero-order chi connectivity index (χ0) is 18.7. The number of fused-ring (bicyclic) bond motifs is 1. The molecule has 1 saturated heterocycles. The van der Waals surface area contributed by atoms with Crippen molar-refractivity contribution in [2.24, 2.45) is 5.92 Å². The Balaban J connectivity index is 1.71. The number of nitrogens with one attached hydrogen (secondary N) is 2. The molecule has 26 heavy (non-hydrogen) atoms. The van der Waals surface area contributed by atoms with Crippen molar-refractivity contribution < 1.29 is 17.9 Å². The van der Waals surface area contributed by atoms with Gasteiger partial charge in [0.2, 0.25) is 10.0 Å². The number of carbonyl (C=O) groups excluding carboxylic acids is 1. The molecular weight excluding hydrogens is 354 g/mol. The van der Waals surface area contributed by atoms with Crippen LogP contribution in [0.25, 0.3) is 0 Å². The van der Waals surface area contributed by atoms with E-state index in [0.717, 1.165) is 19.5 Å². The second kappa shape index (κ2) is 7.94. The fraction of sp³-hybridized carbons (Fsp3) is 0.611. The molecule has 0 aliphatic carbocycles. The normalized spacial score (nSPS) is 19.1. The molecule has 0 aromatic heterocycles. The highest BCUT2D eigenvalue weighted by Gasteiger charge is 2.26. The van der Waals surface area contributed by atoms with E-state index in [4.69, 9.17) is 4.74 Å². The van der Waals surface area contributed by atoms with Crippen molar-refractivity contribution in [2.75, 3.05) is 31.6 Å². The molecule has 1 fully saturated rings. The first-order valence-electron chi connectivity index (χ1n) is 9.15. The van der Waals surface area contributed by atoms with E-state index in [-0.39, 0.29) is 23.5 Å². The van der Waals surface area contributed by atoms with E-state index in [9.17, 15) is 13.2 Å². The Hall–Kier alpha value is -1.64. The van der Waals surface area contributed by atoms with Gasteiger partial charge >= 0.3 is 0 Å². The van der Waals surface area contributed by atoms with E-state index < -0.39 is 10.0 Å². The number of sulfonamides is 1. The van der Waals surface area contributed by atoms with E-state index in [1.165, 1.54) is 25.0 Å². The highest BCUT2D eigenvalue weighted by Crippen LogP contribution is 2.30. The summed E-state index contributed by atoms with van der Waals surface area (Å²) in [4.78, 5) is 14.0. The van der Waals surface area contributed by atoms with Gasteiger partial charge in [-0.05, 0) is 56.5 Å². The van der Waals surface area contributed by atoms with Crippen LogP contribution in [-0.2, 0) is 14.8 Å². The predicted octanol–water partition coefficient (Wildman–Crippen LogP) is 1.81. The lowest BCUT2D eigenvalue weighted by molar-refractivity contribution is -0.118. The van der Waals surface area contributed by atoms with Gasteiger partial charge in [-0.15, -0.1) is 0 Å². The molecule has 144 valence electrons. The lowest BCUT2D eigenvalue weighted by Crippen LogP contribution is -2.43. The summed E-state index contributed by atoms with van der Waals surface area (Å²) < 4.78 is 33.5. The molecule has 1 amide bonds. The van der Waals surface area contributed by atoms with Crippen LogP contribution in [0.2, 0.25) is 0 Å². The molecule has 0 saturated carbocycles. The van der Waals surface area contributed by atoms with E-state index >= 15 is 0 Å². The number of benzene rings is 1. The van der Waals surface area contributed by atoms with Crippen LogP contribution in [-0.4, -0.2) is 51.5 Å². The molecule has 8 heteroatoms. The van der Waals surface area contributed by atoms with Crippen molar-refractivity contribution in [1.82, 2.24) is 9.62 Å². The topological polar surface area (TPSA) is 87.7 Å². The third-order valence-corrected chi connectivity index (χ3v) is 6.22. The average Bonchev–Trinajstić information content (AvgIpc) is 3.12. The van der Waals surface area contributed by atoms with Crippen LogP contribution in [0.4, 0.5) is 5.69 Å². The molecular formula is C18H27N3O4S. The fourth-order valence-corrected chi connectivity index (χ4v) is 4.63. The number of amides is 1. The Morgan fingerprint density at radius 1 is 1.27 bits per heavy atom. The van der Waals surface area contributed by atoms with Gasteiger partial charge in [0.25, 0.3) is 5.91 Å². The summed E-state index contributed by atoms with van der Waals surface area (Å²) in [5, 5.41) is 2.64. The summed E-state index contributed by atoms with van der Waals surface area (Å²) in [5.41, 5.74) is 0.391. The Morgan fingerprint density at radius 2 is 2.00 bits per heavy atom. The van der Waals surface area contributed by atoms with Crippen molar-refractivity contribution in [3.05, 3.63) is 18.2 Å². The minimum absolute atomic E-state index is 0.0515. The van der Waals surface area contributed by atoms with Crippen LogP contribution in [0.1, 0.15) is 33.1 Å². The van der Waals surface area contributed by atoms with Gasteiger partial charge in [-0.1, -0.05) is 13.8 Å². The van der Waals surface area contributed by atoms with Crippen LogP contribution < -0.4 is 14.8 Å². The van der Waals surface area contributed by atoms with Crippen LogP contribution in [0.5, 0.6) is 5.75 Å². The van der Waals surface area contributed by atoms with E-state index in [0.29, 0.717) is 23.9 Å². The smallest absolute Gasteiger partial charge is 0.262 e. The van der Waals surface area contributed by atoms with Crippen LogP contribution in [0, 0.1) is 5.92 Å². The highest BCUT2D eigenvalue weighted by molar-refractivity contribution is 7.89. The highest BCUT2D eigenvalue weighted by atomic mass is 32.2.